The molecule has 5 rings (SSSR count). The molecule has 3 aromatic carbocycles. The van der Waals surface area contributed by atoms with Crippen molar-refractivity contribution in [3.05, 3.63) is 77.9 Å². The second-order valence-corrected chi connectivity index (χ2v) is 11.0. The third-order valence-electron chi connectivity index (χ3n) is 7.02. The van der Waals surface area contributed by atoms with Gasteiger partial charge in [-0.15, -0.1) is 0 Å². The minimum absolute atomic E-state index is 0.0603. The van der Waals surface area contributed by atoms with Crippen LogP contribution in [0.15, 0.2) is 71.6 Å². The van der Waals surface area contributed by atoms with E-state index >= 15 is 0 Å². The molecule has 3 aromatic rings. The van der Waals surface area contributed by atoms with Crippen LogP contribution >= 0.6 is 0 Å². The van der Waals surface area contributed by atoms with E-state index in [2.05, 4.69) is 10.6 Å². The van der Waals surface area contributed by atoms with Crippen LogP contribution in [-0.2, 0) is 32.7 Å². The van der Waals surface area contributed by atoms with Gasteiger partial charge in [0.25, 0.3) is 0 Å². The molecule has 0 aromatic heterocycles. The van der Waals surface area contributed by atoms with Gasteiger partial charge >= 0.3 is 0 Å². The summed E-state index contributed by atoms with van der Waals surface area (Å²) in [5.74, 6) is 0.327. The molecule has 198 valence electrons. The Morgan fingerprint density at radius 1 is 0.816 bits per heavy atom. The molecule has 1 fully saturated rings. The van der Waals surface area contributed by atoms with Gasteiger partial charge in [-0.05, 0) is 47.7 Å². The van der Waals surface area contributed by atoms with Crippen molar-refractivity contribution in [3.8, 4) is 22.6 Å². The summed E-state index contributed by atoms with van der Waals surface area (Å²) in [5.41, 5.74) is 2.99. The van der Waals surface area contributed by atoms with Crippen LogP contribution in [0.2, 0.25) is 0 Å². The van der Waals surface area contributed by atoms with Gasteiger partial charge in [0.05, 0.1) is 4.90 Å². The maximum Gasteiger partial charge on any atom is 0.238 e. The second kappa shape index (κ2) is 10.8. The van der Waals surface area contributed by atoms with Gasteiger partial charge in [-0.25, -0.2) is 13.6 Å². The van der Waals surface area contributed by atoms with Gasteiger partial charge in [-0.1, -0.05) is 55.0 Å². The predicted molar refractivity (Wildman–Crippen MR) is 140 cm³/mol. The van der Waals surface area contributed by atoms with Crippen molar-refractivity contribution in [2.75, 3.05) is 6.79 Å². The zero-order valence-corrected chi connectivity index (χ0v) is 21.5. The van der Waals surface area contributed by atoms with E-state index in [9.17, 15) is 18.0 Å². The van der Waals surface area contributed by atoms with Gasteiger partial charge in [0.2, 0.25) is 28.6 Å². The Balaban J connectivity index is 1.16. The molecule has 2 amide bonds. The Morgan fingerprint density at radius 3 is 2.11 bits per heavy atom. The van der Waals surface area contributed by atoms with E-state index in [1.54, 1.807) is 30.3 Å². The highest BCUT2D eigenvalue weighted by Crippen LogP contribution is 2.34. The Labute approximate surface area is 221 Å². The Bertz CT molecular complexity index is 1460. The zero-order chi connectivity index (χ0) is 26.7. The molecule has 2 aliphatic rings. The number of sulfonamides is 1. The number of fused-ring (bicyclic) bond motifs is 1. The van der Waals surface area contributed by atoms with Gasteiger partial charge < -0.3 is 20.1 Å². The highest BCUT2D eigenvalue weighted by Gasteiger charge is 2.37. The molecule has 0 saturated heterocycles. The first-order valence-corrected chi connectivity index (χ1v) is 14.0. The molecule has 4 N–H and O–H groups in total. The van der Waals surface area contributed by atoms with Crippen molar-refractivity contribution in [1.82, 2.24) is 10.6 Å². The number of carbonyl (C=O) groups excluding carboxylic acids is 2. The number of primary sulfonamides is 1. The quantitative estimate of drug-likeness (QED) is 0.406. The van der Waals surface area contributed by atoms with E-state index in [4.69, 9.17) is 14.6 Å². The normalized spacial score (nSPS) is 18.2. The number of carbonyl (C=O) groups is 2. The Kier molecular flexibility index (Phi) is 7.35. The molecule has 0 radical (unpaired) electrons. The van der Waals surface area contributed by atoms with Crippen molar-refractivity contribution in [2.24, 2.45) is 17.0 Å². The standard InChI is InChI=1S/C28H29N3O6S/c29-38(34,35)26-7-2-1-4-21(26)20-11-8-18(9-12-20)15-30-27(32)22-5-3-6-23(22)28(33)31-16-19-10-13-24-25(14-19)37-17-36-24/h1-2,4,7-14,22-23H,3,5-6,15-17H2,(H,30,32)(H,31,33)(H2,29,34,35)/t22?,23-/m1/s1. The van der Waals surface area contributed by atoms with E-state index in [0.29, 0.717) is 48.6 Å². The number of benzene rings is 3. The molecule has 1 aliphatic heterocycles. The highest BCUT2D eigenvalue weighted by molar-refractivity contribution is 7.89. The van der Waals surface area contributed by atoms with E-state index in [0.717, 1.165) is 17.5 Å². The third-order valence-corrected chi connectivity index (χ3v) is 7.99. The summed E-state index contributed by atoms with van der Waals surface area (Å²) in [7, 11) is -3.86. The summed E-state index contributed by atoms with van der Waals surface area (Å²) in [6, 6.07) is 19.4. The summed E-state index contributed by atoms with van der Waals surface area (Å²) < 4.78 is 34.5. The minimum atomic E-state index is -3.86. The van der Waals surface area contributed by atoms with E-state index in [-0.39, 0.29) is 35.3 Å². The van der Waals surface area contributed by atoms with Crippen LogP contribution in [0.1, 0.15) is 30.4 Å². The molecule has 0 bridgehead atoms. The van der Waals surface area contributed by atoms with E-state index in [1.807, 2.05) is 30.3 Å². The molecule has 38 heavy (non-hydrogen) atoms. The lowest BCUT2D eigenvalue weighted by Gasteiger charge is -2.19. The van der Waals surface area contributed by atoms with Crippen LogP contribution in [0.5, 0.6) is 11.5 Å². The lowest BCUT2D eigenvalue weighted by atomic mass is 9.94. The Hall–Kier alpha value is -3.89. The molecule has 1 aliphatic carbocycles. The Morgan fingerprint density at radius 2 is 1.42 bits per heavy atom. The number of amides is 2. The number of ether oxygens (including phenoxy) is 2. The first-order chi connectivity index (χ1) is 18.3. The molecule has 1 unspecified atom stereocenters. The van der Waals surface area contributed by atoms with Crippen LogP contribution in [0, 0.1) is 11.8 Å². The largest absolute Gasteiger partial charge is 0.454 e. The van der Waals surface area contributed by atoms with Crippen LogP contribution in [0.4, 0.5) is 0 Å². The molecular weight excluding hydrogens is 506 g/mol. The van der Waals surface area contributed by atoms with Crippen molar-refractivity contribution >= 4 is 21.8 Å². The third kappa shape index (κ3) is 5.66. The molecule has 1 saturated carbocycles. The van der Waals surface area contributed by atoms with Crippen LogP contribution in [0.25, 0.3) is 11.1 Å². The summed E-state index contributed by atoms with van der Waals surface area (Å²) in [5, 5.41) is 11.3. The first kappa shape index (κ1) is 25.7. The lowest BCUT2D eigenvalue weighted by Crippen LogP contribution is -2.39. The molecule has 2 atom stereocenters. The van der Waals surface area contributed by atoms with E-state index in [1.165, 1.54) is 6.07 Å². The zero-order valence-electron chi connectivity index (χ0n) is 20.7. The number of hydrogen-bond donors (Lipinski definition) is 3. The van der Waals surface area contributed by atoms with Crippen LogP contribution in [-0.4, -0.2) is 27.0 Å². The fourth-order valence-electron chi connectivity index (χ4n) is 5.03. The van der Waals surface area contributed by atoms with Crippen LogP contribution in [0.3, 0.4) is 0 Å². The van der Waals surface area contributed by atoms with E-state index < -0.39 is 10.0 Å². The van der Waals surface area contributed by atoms with Crippen molar-refractivity contribution in [2.45, 2.75) is 37.2 Å². The first-order valence-electron chi connectivity index (χ1n) is 12.4. The fourth-order valence-corrected chi connectivity index (χ4v) is 5.80. The van der Waals surface area contributed by atoms with Crippen LogP contribution < -0.4 is 25.2 Å². The summed E-state index contributed by atoms with van der Waals surface area (Å²) in [6.45, 7) is 0.847. The topological polar surface area (TPSA) is 137 Å². The lowest BCUT2D eigenvalue weighted by molar-refractivity contribution is -0.133. The molecule has 9 nitrogen and oxygen atoms in total. The SMILES string of the molecule is NS(=O)(=O)c1ccccc1-c1ccc(CNC(=O)C2CCC[C@H]2C(=O)NCc2ccc3c(c2)OCO3)cc1. The molecule has 10 heteroatoms. The number of hydrogen-bond acceptors (Lipinski definition) is 6. The van der Waals surface area contributed by atoms with Crippen molar-refractivity contribution in [1.29, 1.82) is 0 Å². The number of rotatable bonds is 8. The summed E-state index contributed by atoms with van der Waals surface area (Å²) in [6.07, 6.45) is 2.15. The smallest absolute Gasteiger partial charge is 0.238 e. The monoisotopic (exact) mass is 535 g/mol. The van der Waals surface area contributed by atoms with Gasteiger partial charge in [-0.2, -0.15) is 0 Å². The number of nitrogens with two attached hydrogens (primary N) is 1. The van der Waals surface area contributed by atoms with Crippen molar-refractivity contribution < 1.29 is 27.5 Å². The highest BCUT2D eigenvalue weighted by atomic mass is 32.2. The molecular formula is C28H29N3O6S. The minimum Gasteiger partial charge on any atom is -0.454 e. The van der Waals surface area contributed by atoms with Gasteiger partial charge in [0.15, 0.2) is 11.5 Å². The number of nitrogens with one attached hydrogen (secondary N) is 2. The van der Waals surface area contributed by atoms with Gasteiger partial charge in [-0.3, -0.25) is 9.59 Å². The van der Waals surface area contributed by atoms with Gasteiger partial charge in [0.1, 0.15) is 0 Å². The van der Waals surface area contributed by atoms with Gasteiger partial charge in [0, 0.05) is 30.5 Å². The summed E-state index contributed by atoms with van der Waals surface area (Å²) >= 11 is 0. The summed E-state index contributed by atoms with van der Waals surface area (Å²) in [4.78, 5) is 26.0. The average Bonchev–Trinajstić information content (AvgIpc) is 3.60. The maximum atomic E-state index is 13.0. The second-order valence-electron chi connectivity index (χ2n) is 9.51. The predicted octanol–water partition coefficient (Wildman–Crippen LogP) is 3.08. The average molecular weight is 536 g/mol. The van der Waals surface area contributed by atoms with Crippen molar-refractivity contribution in [3.63, 3.8) is 0 Å². The fraction of sp³-hybridized carbons (Fsp3) is 0.286. The maximum absolute atomic E-state index is 13.0. The molecule has 0 spiro atoms. The molecule has 1 heterocycles.